The van der Waals surface area contributed by atoms with Crippen LogP contribution in [-0.2, 0) is 19.1 Å². The van der Waals surface area contributed by atoms with Crippen LogP contribution < -0.4 is 0 Å². The van der Waals surface area contributed by atoms with Crippen LogP contribution in [0.25, 0.3) is 0 Å². The first-order chi connectivity index (χ1) is 29.6. The van der Waals surface area contributed by atoms with E-state index < -0.39 is 6.10 Å². The molecule has 332 valence electrons. The van der Waals surface area contributed by atoms with Gasteiger partial charge in [0.05, 0.1) is 6.61 Å². The van der Waals surface area contributed by atoms with Gasteiger partial charge in [0.25, 0.3) is 0 Å². The number of ether oxygens (including phenoxy) is 2. The van der Waals surface area contributed by atoms with Gasteiger partial charge in [0.1, 0.15) is 6.61 Å². The highest BCUT2D eigenvalue weighted by atomic mass is 16.6. The van der Waals surface area contributed by atoms with Crippen molar-refractivity contribution < 1.29 is 24.2 Å². The van der Waals surface area contributed by atoms with Crippen molar-refractivity contribution in [3.63, 3.8) is 0 Å². The summed E-state index contributed by atoms with van der Waals surface area (Å²) >= 11 is 0. The molecular formula is C55H82O5. The van der Waals surface area contributed by atoms with Crippen LogP contribution >= 0.6 is 0 Å². The second-order valence-electron chi connectivity index (χ2n) is 14.4. The van der Waals surface area contributed by atoms with Crippen LogP contribution in [0.3, 0.4) is 0 Å². The maximum absolute atomic E-state index is 12.2. The lowest BCUT2D eigenvalue weighted by Gasteiger charge is -2.15. The SMILES string of the molecule is CC/C=C\C/C=C\C/C=C\C/C=C\C/C=C\C/C=C\C/C=C\C/C=C\CCCCCCC(=O)OC(CO)COC(=O)CCC/C=C\C/C=C\C/C=C\C/C=C\C/C=C\CC. The maximum Gasteiger partial charge on any atom is 0.306 e. The standard InChI is InChI=1S/C55H82O5/c1-3-5-7-9-11-13-15-17-19-21-22-23-24-25-26-27-28-29-30-31-32-34-36-38-40-42-44-46-48-50-55(58)60-53(51-56)52-59-54(57)49-47-45-43-41-39-37-35-33-20-18-16-14-12-10-8-6-4-2/h5-8,11-14,17-20,22-23,25-26,28-29,31-32,35-38,41,43,53,56H,3-4,9-10,15-16,21,24,27,30,33-34,39-40,42,44-52H2,1-2H3/b7-5-,8-6-,13-11-,14-12-,19-17-,20-18-,23-22-,26-25-,29-28-,32-31-,37-35-,38-36-,43-41-. The number of carbonyl (C=O) groups excluding carboxylic acids is 2. The Bertz CT molecular complexity index is 1390. The van der Waals surface area contributed by atoms with Crippen molar-refractivity contribution in [1.82, 2.24) is 0 Å². The largest absolute Gasteiger partial charge is 0.462 e. The van der Waals surface area contributed by atoms with Gasteiger partial charge < -0.3 is 14.6 Å². The Hall–Kier alpha value is -4.48. The Balaban J connectivity index is 3.76. The topological polar surface area (TPSA) is 72.8 Å². The van der Waals surface area contributed by atoms with E-state index in [1.165, 1.54) is 0 Å². The summed E-state index contributed by atoms with van der Waals surface area (Å²) in [5, 5.41) is 9.59. The first-order valence-corrected chi connectivity index (χ1v) is 23.0. The monoisotopic (exact) mass is 823 g/mol. The fraction of sp³-hybridized carbons (Fsp3) is 0.491. The third-order valence-corrected chi connectivity index (χ3v) is 8.82. The molecule has 0 aromatic carbocycles. The van der Waals surface area contributed by atoms with Gasteiger partial charge in [0, 0.05) is 12.8 Å². The van der Waals surface area contributed by atoms with E-state index in [0.717, 1.165) is 122 Å². The summed E-state index contributed by atoms with van der Waals surface area (Å²) in [7, 11) is 0. The van der Waals surface area contributed by atoms with Crippen molar-refractivity contribution in [2.75, 3.05) is 13.2 Å². The zero-order chi connectivity index (χ0) is 43.5. The number of rotatable bonds is 39. The molecular weight excluding hydrogens is 741 g/mol. The van der Waals surface area contributed by atoms with Crippen molar-refractivity contribution in [1.29, 1.82) is 0 Å². The molecule has 0 aromatic rings. The highest BCUT2D eigenvalue weighted by Crippen LogP contribution is 2.09. The molecule has 60 heavy (non-hydrogen) atoms. The van der Waals surface area contributed by atoms with Gasteiger partial charge in [-0.05, 0) is 116 Å². The molecule has 0 bridgehead atoms. The van der Waals surface area contributed by atoms with E-state index in [0.29, 0.717) is 12.8 Å². The molecule has 5 nitrogen and oxygen atoms in total. The number of carbonyl (C=O) groups is 2. The number of aliphatic hydroxyl groups is 1. The molecule has 0 aromatic heterocycles. The number of esters is 2. The predicted molar refractivity (Wildman–Crippen MR) is 260 cm³/mol. The van der Waals surface area contributed by atoms with Gasteiger partial charge in [-0.15, -0.1) is 0 Å². The van der Waals surface area contributed by atoms with E-state index >= 15 is 0 Å². The Morgan fingerprint density at radius 2 is 0.683 bits per heavy atom. The van der Waals surface area contributed by atoms with Gasteiger partial charge in [-0.1, -0.05) is 185 Å². The summed E-state index contributed by atoms with van der Waals surface area (Å²) in [5.74, 6) is -0.706. The first-order valence-electron chi connectivity index (χ1n) is 23.0. The molecule has 1 N–H and O–H groups in total. The van der Waals surface area contributed by atoms with Crippen molar-refractivity contribution in [2.45, 2.75) is 161 Å². The summed E-state index contributed by atoms with van der Waals surface area (Å²) in [5.41, 5.74) is 0. The zero-order valence-corrected chi connectivity index (χ0v) is 37.6. The minimum Gasteiger partial charge on any atom is -0.462 e. The third-order valence-electron chi connectivity index (χ3n) is 8.82. The number of aliphatic hydroxyl groups excluding tert-OH is 1. The zero-order valence-electron chi connectivity index (χ0n) is 37.6. The Morgan fingerprint density at radius 3 is 1.03 bits per heavy atom. The lowest BCUT2D eigenvalue weighted by molar-refractivity contribution is -0.161. The van der Waals surface area contributed by atoms with Gasteiger partial charge in [-0.2, -0.15) is 0 Å². The average Bonchev–Trinajstić information content (AvgIpc) is 3.25. The molecule has 0 rings (SSSR count). The van der Waals surface area contributed by atoms with Gasteiger partial charge in [0.15, 0.2) is 6.10 Å². The van der Waals surface area contributed by atoms with Crippen LogP contribution in [0.15, 0.2) is 158 Å². The number of hydrogen-bond acceptors (Lipinski definition) is 5. The molecule has 0 aliphatic carbocycles. The van der Waals surface area contributed by atoms with Gasteiger partial charge in [-0.3, -0.25) is 9.59 Å². The minimum absolute atomic E-state index is 0.118. The summed E-state index contributed by atoms with van der Waals surface area (Å²) in [6.45, 7) is 3.81. The smallest absolute Gasteiger partial charge is 0.306 e. The molecule has 0 aliphatic heterocycles. The average molecular weight is 823 g/mol. The molecule has 0 fully saturated rings. The normalized spacial score (nSPS) is 13.7. The molecule has 0 amide bonds. The van der Waals surface area contributed by atoms with E-state index in [9.17, 15) is 14.7 Å². The Kier molecular flexibility index (Phi) is 45.2. The van der Waals surface area contributed by atoms with E-state index in [4.69, 9.17) is 9.47 Å². The molecule has 0 saturated carbocycles. The second-order valence-corrected chi connectivity index (χ2v) is 14.4. The van der Waals surface area contributed by atoms with Crippen LogP contribution in [0.2, 0.25) is 0 Å². The molecule has 0 saturated heterocycles. The van der Waals surface area contributed by atoms with Crippen molar-refractivity contribution >= 4 is 11.9 Å². The second kappa shape index (κ2) is 48.9. The highest BCUT2D eigenvalue weighted by molar-refractivity contribution is 5.70. The van der Waals surface area contributed by atoms with Crippen LogP contribution in [-0.4, -0.2) is 36.4 Å². The van der Waals surface area contributed by atoms with Gasteiger partial charge in [-0.25, -0.2) is 0 Å². The lowest BCUT2D eigenvalue weighted by Crippen LogP contribution is -2.28. The first kappa shape index (κ1) is 55.5. The molecule has 0 heterocycles. The van der Waals surface area contributed by atoms with E-state index in [1.54, 1.807) is 0 Å². The van der Waals surface area contributed by atoms with Crippen LogP contribution in [0, 0.1) is 0 Å². The highest BCUT2D eigenvalue weighted by Gasteiger charge is 2.16. The quantitative estimate of drug-likeness (QED) is 0.0380. The molecule has 0 radical (unpaired) electrons. The summed E-state index contributed by atoms with van der Waals surface area (Å²) in [6.07, 6.45) is 76.1. The van der Waals surface area contributed by atoms with Gasteiger partial charge in [0.2, 0.25) is 0 Å². The van der Waals surface area contributed by atoms with Crippen molar-refractivity contribution in [3.8, 4) is 0 Å². The fourth-order valence-corrected chi connectivity index (χ4v) is 5.43. The van der Waals surface area contributed by atoms with Crippen molar-refractivity contribution in [3.05, 3.63) is 158 Å². The predicted octanol–water partition coefficient (Wildman–Crippen LogP) is 15.3. The molecule has 0 spiro atoms. The van der Waals surface area contributed by atoms with Crippen LogP contribution in [0.4, 0.5) is 0 Å². The molecule has 5 heteroatoms. The summed E-state index contributed by atoms with van der Waals surface area (Å²) in [4.78, 5) is 24.3. The van der Waals surface area contributed by atoms with Crippen molar-refractivity contribution in [2.24, 2.45) is 0 Å². The number of hydrogen-bond donors (Lipinski definition) is 1. The Morgan fingerprint density at radius 1 is 0.383 bits per heavy atom. The number of allylic oxidation sites excluding steroid dienone is 26. The minimum atomic E-state index is -0.822. The Labute approximate surface area is 367 Å². The van der Waals surface area contributed by atoms with E-state index in [2.05, 4.69) is 172 Å². The molecule has 0 aliphatic rings. The van der Waals surface area contributed by atoms with Crippen LogP contribution in [0.5, 0.6) is 0 Å². The molecule has 1 unspecified atom stereocenters. The van der Waals surface area contributed by atoms with Crippen LogP contribution in [0.1, 0.15) is 155 Å². The molecule has 1 atom stereocenters. The van der Waals surface area contributed by atoms with E-state index in [-0.39, 0.29) is 31.6 Å². The third kappa shape index (κ3) is 46.2. The fourth-order valence-electron chi connectivity index (χ4n) is 5.43. The summed E-state index contributed by atoms with van der Waals surface area (Å²) < 4.78 is 10.6. The van der Waals surface area contributed by atoms with E-state index in [1.807, 2.05) is 0 Å². The van der Waals surface area contributed by atoms with Gasteiger partial charge >= 0.3 is 11.9 Å². The lowest BCUT2D eigenvalue weighted by atomic mass is 10.1. The maximum atomic E-state index is 12.2. The number of unbranched alkanes of at least 4 members (excludes halogenated alkanes) is 5. The summed E-state index contributed by atoms with van der Waals surface area (Å²) in [6, 6.07) is 0.